The van der Waals surface area contributed by atoms with Gasteiger partial charge in [0.1, 0.15) is 0 Å². The van der Waals surface area contributed by atoms with Crippen LogP contribution in [0.2, 0.25) is 0 Å². The summed E-state index contributed by atoms with van der Waals surface area (Å²) in [5.41, 5.74) is 1.25. The van der Waals surface area contributed by atoms with Gasteiger partial charge in [0.25, 0.3) is 0 Å². The molecule has 0 spiro atoms. The third-order valence-corrected chi connectivity index (χ3v) is 4.63. The van der Waals surface area contributed by atoms with Gasteiger partial charge in [0.05, 0.1) is 5.60 Å². The first-order chi connectivity index (χ1) is 6.85. The van der Waals surface area contributed by atoms with Gasteiger partial charge in [-0.1, -0.05) is 32.4 Å². The summed E-state index contributed by atoms with van der Waals surface area (Å²) in [6.07, 6.45) is 6.79. The Morgan fingerprint density at radius 1 is 1.33 bits per heavy atom. The molecule has 86 valence electrons. The van der Waals surface area contributed by atoms with Crippen LogP contribution < -0.4 is 0 Å². The van der Waals surface area contributed by atoms with Crippen molar-refractivity contribution in [3.8, 4) is 0 Å². The molecule has 0 radical (unpaired) electrons. The largest absolute Gasteiger partial charge is 0.389 e. The van der Waals surface area contributed by atoms with Gasteiger partial charge >= 0.3 is 0 Å². The Hall–Kier alpha value is -0.300. The van der Waals surface area contributed by atoms with Gasteiger partial charge in [0.15, 0.2) is 0 Å². The number of aliphatic hydroxyl groups is 1. The van der Waals surface area contributed by atoms with Crippen LogP contribution in [0.1, 0.15) is 53.4 Å². The molecular weight excluding hydrogens is 184 g/mol. The zero-order valence-electron chi connectivity index (χ0n) is 10.5. The number of allylic oxidation sites excluding steroid dienone is 1. The molecule has 0 unspecified atom stereocenters. The lowest BCUT2D eigenvalue weighted by molar-refractivity contribution is -0.0503. The first-order valence-corrected chi connectivity index (χ1v) is 6.24. The lowest BCUT2D eigenvalue weighted by Gasteiger charge is -2.38. The maximum Gasteiger partial charge on any atom is 0.0743 e. The fourth-order valence-corrected chi connectivity index (χ4v) is 3.60. The normalized spacial score (nSPS) is 44.5. The van der Waals surface area contributed by atoms with E-state index < -0.39 is 5.60 Å². The molecule has 1 fully saturated rings. The van der Waals surface area contributed by atoms with Crippen LogP contribution in [0.4, 0.5) is 0 Å². The molecule has 15 heavy (non-hydrogen) atoms. The van der Waals surface area contributed by atoms with Crippen LogP contribution in [-0.2, 0) is 0 Å². The van der Waals surface area contributed by atoms with Crippen LogP contribution in [-0.4, -0.2) is 10.7 Å². The van der Waals surface area contributed by atoms with E-state index in [-0.39, 0.29) is 5.41 Å². The molecule has 0 saturated heterocycles. The molecule has 2 rings (SSSR count). The monoisotopic (exact) mass is 208 g/mol. The van der Waals surface area contributed by atoms with Crippen molar-refractivity contribution in [2.24, 2.45) is 17.3 Å². The predicted octanol–water partition coefficient (Wildman–Crippen LogP) is 3.53. The summed E-state index contributed by atoms with van der Waals surface area (Å²) in [5, 5.41) is 10.9. The summed E-state index contributed by atoms with van der Waals surface area (Å²) in [7, 11) is 0. The number of fused-ring (bicyclic) bond motifs is 1. The van der Waals surface area contributed by atoms with Crippen molar-refractivity contribution in [2.75, 3.05) is 0 Å². The molecule has 0 aromatic carbocycles. The fourth-order valence-electron chi connectivity index (χ4n) is 3.60. The molecule has 1 heteroatoms. The maximum absolute atomic E-state index is 10.9. The van der Waals surface area contributed by atoms with Crippen molar-refractivity contribution >= 4 is 0 Å². The third kappa shape index (κ3) is 1.75. The van der Waals surface area contributed by atoms with E-state index in [9.17, 15) is 5.11 Å². The Morgan fingerprint density at radius 3 is 2.67 bits per heavy atom. The molecule has 0 aliphatic heterocycles. The standard InChI is InChI=1S/C14H24O/c1-10-7-8-13(3,4)9-14(15)11(2)5-6-12(10)14/h7,11-12,15H,5-6,8-9H2,1-4H3/t11-,12+,14-/m1/s1. The van der Waals surface area contributed by atoms with E-state index in [4.69, 9.17) is 0 Å². The van der Waals surface area contributed by atoms with Gasteiger partial charge in [-0.15, -0.1) is 0 Å². The molecule has 0 aromatic heterocycles. The van der Waals surface area contributed by atoms with Gasteiger partial charge in [-0.3, -0.25) is 0 Å². The summed E-state index contributed by atoms with van der Waals surface area (Å²) < 4.78 is 0. The van der Waals surface area contributed by atoms with Crippen molar-refractivity contribution < 1.29 is 5.11 Å². The van der Waals surface area contributed by atoms with E-state index in [0.29, 0.717) is 11.8 Å². The molecule has 1 nitrogen and oxygen atoms in total. The first-order valence-electron chi connectivity index (χ1n) is 6.24. The molecular formula is C14H24O. The Morgan fingerprint density at radius 2 is 2.00 bits per heavy atom. The molecule has 2 aliphatic carbocycles. The van der Waals surface area contributed by atoms with Crippen LogP contribution in [0.5, 0.6) is 0 Å². The minimum Gasteiger partial charge on any atom is -0.389 e. The molecule has 0 bridgehead atoms. The SMILES string of the molecule is CC1=CCC(C)(C)C[C@@]2(O)[C@H](C)CC[C@@H]12. The highest BCUT2D eigenvalue weighted by Crippen LogP contribution is 2.52. The number of hydrogen-bond donors (Lipinski definition) is 1. The summed E-state index contributed by atoms with van der Waals surface area (Å²) in [5.74, 6) is 0.887. The van der Waals surface area contributed by atoms with Crippen molar-refractivity contribution in [2.45, 2.75) is 59.0 Å². The average Bonchev–Trinajstić information content (AvgIpc) is 2.34. The van der Waals surface area contributed by atoms with Crippen LogP contribution in [0, 0.1) is 17.3 Å². The third-order valence-electron chi connectivity index (χ3n) is 4.63. The van der Waals surface area contributed by atoms with E-state index in [2.05, 4.69) is 33.8 Å². The van der Waals surface area contributed by atoms with E-state index in [1.54, 1.807) is 0 Å². The van der Waals surface area contributed by atoms with Gasteiger partial charge in [-0.2, -0.15) is 0 Å². The van der Waals surface area contributed by atoms with Gasteiger partial charge in [-0.25, -0.2) is 0 Å². The van der Waals surface area contributed by atoms with Crippen molar-refractivity contribution in [1.82, 2.24) is 0 Å². The lowest BCUT2D eigenvalue weighted by Crippen LogP contribution is -2.41. The maximum atomic E-state index is 10.9. The van der Waals surface area contributed by atoms with E-state index in [0.717, 1.165) is 12.8 Å². The number of rotatable bonds is 0. The summed E-state index contributed by atoms with van der Waals surface area (Å²) in [6.45, 7) is 8.98. The Balaban J connectivity index is 2.38. The van der Waals surface area contributed by atoms with Gasteiger partial charge < -0.3 is 5.11 Å². The van der Waals surface area contributed by atoms with E-state index >= 15 is 0 Å². The quantitative estimate of drug-likeness (QED) is 0.604. The summed E-state index contributed by atoms with van der Waals surface area (Å²) in [4.78, 5) is 0. The van der Waals surface area contributed by atoms with Crippen LogP contribution in [0.25, 0.3) is 0 Å². The van der Waals surface area contributed by atoms with Gasteiger partial charge in [0.2, 0.25) is 0 Å². The zero-order chi connectivity index (χ0) is 11.3. The Labute approximate surface area is 93.6 Å². The molecule has 0 amide bonds. The second-order valence-corrected chi connectivity index (χ2v) is 6.52. The zero-order valence-corrected chi connectivity index (χ0v) is 10.5. The molecule has 2 aliphatic rings. The second-order valence-electron chi connectivity index (χ2n) is 6.52. The first kappa shape index (κ1) is 11.2. The van der Waals surface area contributed by atoms with Crippen LogP contribution >= 0.6 is 0 Å². The minimum absolute atomic E-state index is 0.253. The van der Waals surface area contributed by atoms with Crippen LogP contribution in [0.15, 0.2) is 11.6 Å². The van der Waals surface area contributed by atoms with E-state index in [1.807, 2.05) is 0 Å². The minimum atomic E-state index is -0.430. The molecule has 0 heterocycles. The summed E-state index contributed by atoms with van der Waals surface area (Å²) in [6, 6.07) is 0. The number of hydrogen-bond acceptors (Lipinski definition) is 1. The fraction of sp³-hybridized carbons (Fsp3) is 0.857. The van der Waals surface area contributed by atoms with E-state index in [1.165, 1.54) is 18.4 Å². The topological polar surface area (TPSA) is 20.2 Å². The van der Waals surface area contributed by atoms with Crippen molar-refractivity contribution in [3.05, 3.63) is 11.6 Å². The molecule has 0 aromatic rings. The van der Waals surface area contributed by atoms with Gasteiger partial charge in [-0.05, 0) is 43.9 Å². The van der Waals surface area contributed by atoms with Gasteiger partial charge in [0, 0.05) is 5.92 Å². The average molecular weight is 208 g/mol. The lowest BCUT2D eigenvalue weighted by atomic mass is 9.72. The molecule has 1 saturated carbocycles. The second kappa shape index (κ2) is 3.35. The molecule has 3 atom stereocenters. The highest BCUT2D eigenvalue weighted by atomic mass is 16.3. The van der Waals surface area contributed by atoms with Crippen molar-refractivity contribution in [1.29, 1.82) is 0 Å². The molecule has 1 N–H and O–H groups in total. The smallest absolute Gasteiger partial charge is 0.0743 e. The van der Waals surface area contributed by atoms with Crippen LogP contribution in [0.3, 0.4) is 0 Å². The van der Waals surface area contributed by atoms with Crippen molar-refractivity contribution in [3.63, 3.8) is 0 Å². The Bertz CT molecular complexity index is 290. The summed E-state index contributed by atoms with van der Waals surface area (Å²) >= 11 is 0. The Kier molecular flexibility index (Phi) is 2.50. The highest BCUT2D eigenvalue weighted by molar-refractivity contribution is 5.18. The predicted molar refractivity (Wildman–Crippen MR) is 63.6 cm³/mol. The highest BCUT2D eigenvalue weighted by Gasteiger charge is 2.50.